The number of hydrogen-bond donors (Lipinski definition) is 1. The number of guanidine groups is 1. The van der Waals surface area contributed by atoms with E-state index in [1.54, 1.807) is 21.3 Å². The highest BCUT2D eigenvalue weighted by atomic mass is 127. The fourth-order valence-corrected chi connectivity index (χ4v) is 4.62. The maximum atomic E-state index is 12.4. The van der Waals surface area contributed by atoms with Gasteiger partial charge in [0, 0.05) is 52.4 Å². The molecule has 0 atom stereocenters. The molecule has 1 aromatic rings. The van der Waals surface area contributed by atoms with Gasteiger partial charge in [-0.1, -0.05) is 0 Å². The molecule has 0 spiro atoms. The fourth-order valence-electron chi connectivity index (χ4n) is 3.74. The number of nitrogens with one attached hydrogen (secondary N) is 1. The molecule has 0 saturated carbocycles. The standard InChI is InChI=1S/C19H31N5O4S.HI/c1-3-20-19(21-15-16-6-8-24(9-7-16)29(2,26)27)23-12-10-22(11-13-23)18(25)17-5-4-14-28-17;/h4-5,14,16H,3,6-13,15H2,1-2H3,(H,20,21);1H. The Morgan fingerprint density at radius 2 is 1.80 bits per heavy atom. The molecule has 0 aliphatic carbocycles. The van der Waals surface area contributed by atoms with Gasteiger partial charge in [0.25, 0.3) is 5.91 Å². The lowest BCUT2D eigenvalue weighted by molar-refractivity contribution is 0.0657. The molecule has 11 heteroatoms. The first-order chi connectivity index (χ1) is 13.9. The summed E-state index contributed by atoms with van der Waals surface area (Å²) in [5, 5.41) is 3.34. The Labute approximate surface area is 195 Å². The third kappa shape index (κ3) is 6.58. The van der Waals surface area contributed by atoms with Crippen LogP contribution in [0.2, 0.25) is 0 Å². The van der Waals surface area contributed by atoms with Gasteiger partial charge in [0.05, 0.1) is 12.5 Å². The second-order valence-corrected chi connectivity index (χ2v) is 9.54. The molecule has 3 rings (SSSR count). The highest BCUT2D eigenvalue weighted by Gasteiger charge is 2.27. The molecule has 2 fully saturated rings. The molecule has 0 bridgehead atoms. The maximum Gasteiger partial charge on any atom is 0.289 e. The minimum atomic E-state index is -3.10. The van der Waals surface area contributed by atoms with Crippen LogP contribution in [0.25, 0.3) is 0 Å². The number of halogens is 1. The number of nitrogens with zero attached hydrogens (tertiary/aromatic N) is 4. The van der Waals surface area contributed by atoms with Crippen molar-refractivity contribution in [1.82, 2.24) is 19.4 Å². The highest BCUT2D eigenvalue weighted by Crippen LogP contribution is 2.19. The van der Waals surface area contributed by atoms with E-state index in [1.807, 2.05) is 6.92 Å². The normalized spacial score (nSPS) is 19.5. The second kappa shape index (κ2) is 11.3. The summed E-state index contributed by atoms with van der Waals surface area (Å²) in [5.41, 5.74) is 0. The molecule has 170 valence electrons. The molecule has 9 nitrogen and oxygen atoms in total. The molecule has 1 aromatic heterocycles. The maximum absolute atomic E-state index is 12.4. The van der Waals surface area contributed by atoms with Crippen LogP contribution in [-0.4, -0.2) is 93.0 Å². The fraction of sp³-hybridized carbons (Fsp3) is 0.684. The molecule has 1 N–H and O–H groups in total. The summed E-state index contributed by atoms with van der Waals surface area (Å²) in [6, 6.07) is 3.41. The van der Waals surface area contributed by atoms with E-state index in [0.717, 1.165) is 25.3 Å². The lowest BCUT2D eigenvalue weighted by Gasteiger charge is -2.36. The van der Waals surface area contributed by atoms with Crippen LogP contribution >= 0.6 is 24.0 Å². The SMILES string of the molecule is CCNC(=NCC1CCN(S(C)(=O)=O)CC1)N1CCN(C(=O)c2ccco2)CC1.I. The Bertz CT molecular complexity index is 799. The number of hydrogen-bond acceptors (Lipinski definition) is 5. The van der Waals surface area contributed by atoms with E-state index in [0.29, 0.717) is 57.5 Å². The number of carbonyl (C=O) groups excluding carboxylic acids is 1. The number of sulfonamides is 1. The van der Waals surface area contributed by atoms with Gasteiger partial charge in [0.1, 0.15) is 0 Å². The van der Waals surface area contributed by atoms with Crippen LogP contribution in [0.1, 0.15) is 30.3 Å². The van der Waals surface area contributed by atoms with Gasteiger partial charge >= 0.3 is 0 Å². The molecule has 0 radical (unpaired) electrons. The Balaban J connectivity index is 0.00000320. The van der Waals surface area contributed by atoms with E-state index in [9.17, 15) is 13.2 Å². The van der Waals surface area contributed by atoms with Crippen LogP contribution in [-0.2, 0) is 10.0 Å². The first-order valence-corrected chi connectivity index (χ1v) is 12.0. The molecule has 0 aromatic carbocycles. The van der Waals surface area contributed by atoms with Gasteiger partial charge < -0.3 is 19.5 Å². The van der Waals surface area contributed by atoms with E-state index in [2.05, 4.69) is 10.2 Å². The van der Waals surface area contributed by atoms with E-state index in [4.69, 9.17) is 9.41 Å². The lowest BCUT2D eigenvalue weighted by Crippen LogP contribution is -2.53. The molecule has 0 unspecified atom stereocenters. The number of furan rings is 1. The molecule has 30 heavy (non-hydrogen) atoms. The van der Waals surface area contributed by atoms with Crippen molar-refractivity contribution in [3.8, 4) is 0 Å². The number of rotatable bonds is 5. The molecular weight excluding hydrogens is 521 g/mol. The van der Waals surface area contributed by atoms with Crippen LogP contribution in [0.5, 0.6) is 0 Å². The van der Waals surface area contributed by atoms with Crippen LogP contribution in [0.4, 0.5) is 0 Å². The number of piperazine rings is 1. The van der Waals surface area contributed by atoms with Crippen molar-refractivity contribution in [2.75, 3.05) is 58.6 Å². The van der Waals surface area contributed by atoms with Gasteiger partial charge in [-0.25, -0.2) is 12.7 Å². The summed E-state index contributed by atoms with van der Waals surface area (Å²) >= 11 is 0. The van der Waals surface area contributed by atoms with E-state index in [-0.39, 0.29) is 29.9 Å². The van der Waals surface area contributed by atoms with Gasteiger partial charge in [0.2, 0.25) is 10.0 Å². The topological polar surface area (TPSA) is 98.5 Å². The molecule has 2 saturated heterocycles. The van der Waals surface area contributed by atoms with E-state index < -0.39 is 10.0 Å². The summed E-state index contributed by atoms with van der Waals surface area (Å²) < 4.78 is 30.1. The van der Waals surface area contributed by atoms with Gasteiger partial charge in [-0.05, 0) is 37.8 Å². The number of carbonyl (C=O) groups is 1. The van der Waals surface area contributed by atoms with Crippen molar-refractivity contribution in [1.29, 1.82) is 0 Å². The summed E-state index contributed by atoms with van der Waals surface area (Å²) in [7, 11) is -3.10. The Morgan fingerprint density at radius 1 is 1.17 bits per heavy atom. The van der Waals surface area contributed by atoms with Crippen LogP contribution in [0, 0.1) is 5.92 Å². The first kappa shape index (κ1) is 24.9. The van der Waals surface area contributed by atoms with Crippen molar-refractivity contribution in [2.45, 2.75) is 19.8 Å². The number of amides is 1. The molecule has 2 aliphatic rings. The smallest absolute Gasteiger partial charge is 0.289 e. The van der Waals surface area contributed by atoms with Crippen molar-refractivity contribution >= 4 is 45.9 Å². The summed E-state index contributed by atoms with van der Waals surface area (Å²) in [5.74, 6) is 1.56. The van der Waals surface area contributed by atoms with Gasteiger partial charge in [0.15, 0.2) is 11.7 Å². The third-order valence-electron chi connectivity index (χ3n) is 5.48. The van der Waals surface area contributed by atoms with Crippen LogP contribution in [0.3, 0.4) is 0 Å². The van der Waals surface area contributed by atoms with Gasteiger partial charge in [-0.2, -0.15) is 0 Å². The minimum absolute atomic E-state index is 0. The quantitative estimate of drug-likeness (QED) is 0.336. The number of piperidine rings is 1. The highest BCUT2D eigenvalue weighted by molar-refractivity contribution is 14.0. The van der Waals surface area contributed by atoms with Gasteiger partial charge in [-0.15, -0.1) is 24.0 Å². The van der Waals surface area contributed by atoms with Gasteiger partial charge in [-0.3, -0.25) is 9.79 Å². The monoisotopic (exact) mass is 553 g/mol. The Hall–Kier alpha value is -1.34. The molecular formula is C19H32IN5O4S. The van der Waals surface area contributed by atoms with Crippen molar-refractivity contribution in [2.24, 2.45) is 10.9 Å². The third-order valence-corrected chi connectivity index (χ3v) is 6.78. The largest absolute Gasteiger partial charge is 0.459 e. The average Bonchev–Trinajstić information content (AvgIpc) is 3.25. The zero-order valence-electron chi connectivity index (χ0n) is 17.6. The Kier molecular flexibility index (Phi) is 9.41. The summed E-state index contributed by atoms with van der Waals surface area (Å²) in [6.07, 6.45) is 4.45. The Morgan fingerprint density at radius 3 is 2.33 bits per heavy atom. The van der Waals surface area contributed by atoms with Crippen LogP contribution < -0.4 is 5.32 Å². The zero-order chi connectivity index (χ0) is 20.9. The van der Waals surface area contributed by atoms with E-state index >= 15 is 0 Å². The predicted octanol–water partition coefficient (Wildman–Crippen LogP) is 1.29. The first-order valence-electron chi connectivity index (χ1n) is 10.2. The molecule has 2 aliphatic heterocycles. The zero-order valence-corrected chi connectivity index (χ0v) is 20.8. The average molecular weight is 553 g/mol. The minimum Gasteiger partial charge on any atom is -0.459 e. The summed E-state index contributed by atoms with van der Waals surface area (Å²) in [6.45, 7) is 7.31. The summed E-state index contributed by atoms with van der Waals surface area (Å²) in [4.78, 5) is 21.2. The predicted molar refractivity (Wildman–Crippen MR) is 127 cm³/mol. The van der Waals surface area contributed by atoms with Crippen molar-refractivity contribution in [3.05, 3.63) is 24.2 Å². The molecule has 3 heterocycles. The van der Waals surface area contributed by atoms with Crippen LogP contribution in [0.15, 0.2) is 27.8 Å². The second-order valence-electron chi connectivity index (χ2n) is 7.56. The lowest BCUT2D eigenvalue weighted by atomic mass is 9.98. The van der Waals surface area contributed by atoms with Crippen molar-refractivity contribution in [3.63, 3.8) is 0 Å². The van der Waals surface area contributed by atoms with E-state index in [1.165, 1.54) is 12.5 Å². The van der Waals surface area contributed by atoms with Crippen molar-refractivity contribution < 1.29 is 17.6 Å². The molecule has 1 amide bonds. The number of aliphatic imine (C=N–C) groups is 1.